The van der Waals surface area contributed by atoms with Crippen LogP contribution in [0.5, 0.6) is 0 Å². The van der Waals surface area contributed by atoms with Gasteiger partial charge in [-0.05, 0) is 209 Å². The molecule has 2 nitrogen and oxygen atoms in total. The van der Waals surface area contributed by atoms with E-state index < -0.39 is 0 Å². The zero-order valence-electron chi connectivity index (χ0n) is 45.3. The van der Waals surface area contributed by atoms with E-state index in [0.29, 0.717) is 0 Å². The summed E-state index contributed by atoms with van der Waals surface area (Å²) in [6.45, 7) is 0. The second-order valence-electron chi connectivity index (χ2n) is 22.2. The Balaban J connectivity index is 0.775. The molecule has 0 spiro atoms. The number of hydrogen-bond acceptors (Lipinski definition) is 1. The van der Waals surface area contributed by atoms with Gasteiger partial charge in [0.05, 0.1) is 11.0 Å². The molecule has 0 saturated carbocycles. The van der Waals surface area contributed by atoms with Gasteiger partial charge in [0.1, 0.15) is 5.82 Å². The third kappa shape index (κ3) is 7.68. The van der Waals surface area contributed by atoms with Crippen molar-refractivity contribution in [1.29, 1.82) is 0 Å². The SMILES string of the molecule is c1ccc(-n2c(-c3ccc4cc(-c5c6ccccc6c(-c6ccc7cc(-c8ccc9c(-c%10ccc%11ccccc%11c%10)c%10ccccc%10c(-c%10ccc%11ccccc%11c%10)c9c8)ccc7c6)c6ccccc56)ccc4c3)nc3ccccc32)cc1. The molecule has 0 fully saturated rings. The summed E-state index contributed by atoms with van der Waals surface area (Å²) in [7, 11) is 0. The van der Waals surface area contributed by atoms with Crippen LogP contribution in [0.3, 0.4) is 0 Å². The first kappa shape index (κ1) is 46.9. The second-order valence-corrected chi connectivity index (χ2v) is 22.2. The molecule has 0 saturated heterocycles. The van der Waals surface area contributed by atoms with Crippen LogP contribution in [-0.4, -0.2) is 9.55 Å². The van der Waals surface area contributed by atoms with Gasteiger partial charge in [-0.3, -0.25) is 4.57 Å². The lowest BCUT2D eigenvalue weighted by Crippen LogP contribution is -1.97. The Hall–Kier alpha value is -10.9. The highest BCUT2D eigenvalue weighted by Gasteiger charge is 2.21. The van der Waals surface area contributed by atoms with E-state index in [1.165, 1.54) is 142 Å². The van der Waals surface area contributed by atoms with Crippen molar-refractivity contribution in [3.8, 4) is 72.7 Å². The van der Waals surface area contributed by atoms with E-state index in [9.17, 15) is 0 Å². The first-order valence-electron chi connectivity index (χ1n) is 28.7. The fourth-order valence-corrected chi connectivity index (χ4v) is 13.6. The van der Waals surface area contributed by atoms with Crippen LogP contribution in [-0.2, 0) is 0 Å². The van der Waals surface area contributed by atoms with Gasteiger partial charge >= 0.3 is 0 Å². The maximum absolute atomic E-state index is 5.18. The molecule has 0 amide bonds. The number of aromatic nitrogens is 2. The van der Waals surface area contributed by atoms with Crippen molar-refractivity contribution in [2.24, 2.45) is 0 Å². The Morgan fingerprint density at radius 1 is 0.205 bits per heavy atom. The number of rotatable bonds is 7. The summed E-state index contributed by atoms with van der Waals surface area (Å²) in [5.74, 6) is 0.933. The topological polar surface area (TPSA) is 17.8 Å². The lowest BCUT2D eigenvalue weighted by atomic mass is 9.84. The van der Waals surface area contributed by atoms with Gasteiger partial charge in [0.15, 0.2) is 0 Å². The maximum Gasteiger partial charge on any atom is 0.145 e. The van der Waals surface area contributed by atoms with E-state index in [0.717, 1.165) is 28.1 Å². The molecule has 0 aliphatic heterocycles. The summed E-state index contributed by atoms with van der Waals surface area (Å²) in [6, 6.07) is 112. The van der Waals surface area contributed by atoms with Crippen LogP contribution in [0.1, 0.15) is 0 Å². The molecule has 17 aromatic rings. The van der Waals surface area contributed by atoms with Crippen molar-refractivity contribution in [2.75, 3.05) is 0 Å². The molecule has 2 heteroatoms. The predicted octanol–water partition coefficient (Wildman–Crippen LogP) is 22.3. The van der Waals surface area contributed by atoms with Gasteiger partial charge in [-0.25, -0.2) is 4.98 Å². The summed E-state index contributed by atoms with van der Waals surface area (Å²) in [5.41, 5.74) is 16.5. The number of hydrogen-bond donors (Lipinski definition) is 0. The molecule has 0 aliphatic carbocycles. The van der Waals surface area contributed by atoms with Crippen molar-refractivity contribution in [3.05, 3.63) is 303 Å². The Morgan fingerprint density at radius 3 is 1.01 bits per heavy atom. The smallest absolute Gasteiger partial charge is 0.145 e. The fourth-order valence-electron chi connectivity index (χ4n) is 13.6. The van der Waals surface area contributed by atoms with Gasteiger partial charge in [-0.2, -0.15) is 0 Å². The molecule has 0 bridgehead atoms. The molecule has 0 aliphatic rings. The summed E-state index contributed by atoms with van der Waals surface area (Å²) < 4.78 is 2.27. The van der Waals surface area contributed by atoms with Gasteiger partial charge < -0.3 is 0 Å². The number of nitrogens with zero attached hydrogens (tertiary/aromatic N) is 2. The molecule has 0 unspecified atom stereocenters. The minimum Gasteiger partial charge on any atom is -0.292 e. The van der Waals surface area contributed by atoms with Gasteiger partial charge in [0, 0.05) is 11.3 Å². The summed E-state index contributed by atoms with van der Waals surface area (Å²) in [5, 5.41) is 19.7. The van der Waals surface area contributed by atoms with Crippen LogP contribution in [0.25, 0.3) is 170 Å². The molecule has 1 aromatic heterocycles. The molecule has 17 rings (SSSR count). The fraction of sp³-hybridized carbons (Fsp3) is 0. The van der Waals surface area contributed by atoms with E-state index in [1.54, 1.807) is 0 Å². The zero-order valence-corrected chi connectivity index (χ0v) is 45.3. The average molecular weight is 1050 g/mol. The Morgan fingerprint density at radius 2 is 0.518 bits per heavy atom. The molecular weight excluding hydrogens is 1000 g/mol. The largest absolute Gasteiger partial charge is 0.292 e. The lowest BCUT2D eigenvalue weighted by molar-refractivity contribution is 1.10. The highest BCUT2D eigenvalue weighted by molar-refractivity contribution is 6.24. The van der Waals surface area contributed by atoms with E-state index in [4.69, 9.17) is 4.98 Å². The highest BCUT2D eigenvalue weighted by atomic mass is 15.1. The van der Waals surface area contributed by atoms with E-state index in [-0.39, 0.29) is 0 Å². The normalized spacial score (nSPS) is 11.9. The molecule has 0 radical (unpaired) electrons. The quantitative estimate of drug-likeness (QED) is 0.145. The Labute approximate surface area is 480 Å². The van der Waals surface area contributed by atoms with Gasteiger partial charge in [0.2, 0.25) is 0 Å². The zero-order chi connectivity index (χ0) is 54.5. The Bertz CT molecular complexity index is 5460. The van der Waals surface area contributed by atoms with E-state index in [2.05, 4.69) is 308 Å². The molecule has 0 atom stereocenters. The van der Waals surface area contributed by atoms with E-state index in [1.807, 2.05) is 0 Å². The van der Waals surface area contributed by atoms with Crippen molar-refractivity contribution in [2.45, 2.75) is 0 Å². The highest BCUT2D eigenvalue weighted by Crippen LogP contribution is 2.48. The Kier molecular flexibility index (Phi) is 10.7. The van der Waals surface area contributed by atoms with Crippen molar-refractivity contribution in [1.82, 2.24) is 9.55 Å². The monoisotopic (exact) mass is 1050 g/mol. The number of para-hydroxylation sites is 3. The standard InChI is InChI=1S/C81H50N2/c1-2-20-66(21-3-1)83-76-29-15-14-28-75(76)82-81(83)65-41-36-58-48-63(40-35-59(58)49-65)78-69-24-10-8-22-67(69)77(68-23-9-11-25-70(68)78)62-39-34-55-44-56(32-33-57(55)47-62)60-42-43-73-74(50-60)80(64-38-31-52-17-5-7-19-54(52)46-64)72-27-13-12-26-71(72)79(73)61-37-30-51-16-4-6-18-53(51)45-61/h1-50H. The van der Waals surface area contributed by atoms with E-state index >= 15 is 0 Å². The van der Waals surface area contributed by atoms with Crippen molar-refractivity contribution < 1.29 is 0 Å². The maximum atomic E-state index is 5.18. The third-order valence-electron chi connectivity index (χ3n) is 17.5. The van der Waals surface area contributed by atoms with Crippen LogP contribution < -0.4 is 0 Å². The van der Waals surface area contributed by atoms with Crippen LogP contribution in [0.2, 0.25) is 0 Å². The molecule has 1 heterocycles. The molecule has 0 N–H and O–H groups in total. The summed E-state index contributed by atoms with van der Waals surface area (Å²) in [6.07, 6.45) is 0. The molecular formula is C81H50N2. The van der Waals surface area contributed by atoms with Crippen LogP contribution in [0.15, 0.2) is 303 Å². The van der Waals surface area contributed by atoms with Crippen LogP contribution in [0.4, 0.5) is 0 Å². The second kappa shape index (κ2) is 18.8. The van der Waals surface area contributed by atoms with Gasteiger partial charge in [-0.15, -0.1) is 0 Å². The number of fused-ring (bicyclic) bond motifs is 9. The van der Waals surface area contributed by atoms with Crippen LogP contribution in [0, 0.1) is 0 Å². The minimum absolute atomic E-state index is 0.933. The number of imidazole rings is 1. The van der Waals surface area contributed by atoms with Crippen molar-refractivity contribution in [3.63, 3.8) is 0 Å². The lowest BCUT2D eigenvalue weighted by Gasteiger charge is -2.19. The first-order valence-corrected chi connectivity index (χ1v) is 28.7. The van der Waals surface area contributed by atoms with Crippen molar-refractivity contribution >= 4 is 97.2 Å². The first-order chi connectivity index (χ1) is 41.1. The van der Waals surface area contributed by atoms with Gasteiger partial charge in [0.25, 0.3) is 0 Å². The average Bonchev–Trinajstić information content (AvgIpc) is 2.32. The van der Waals surface area contributed by atoms with Gasteiger partial charge in [-0.1, -0.05) is 237 Å². The summed E-state index contributed by atoms with van der Waals surface area (Å²) in [4.78, 5) is 5.18. The molecule has 83 heavy (non-hydrogen) atoms. The van der Waals surface area contributed by atoms with Crippen LogP contribution >= 0.6 is 0 Å². The third-order valence-corrected chi connectivity index (χ3v) is 17.5. The molecule has 384 valence electrons. The summed E-state index contributed by atoms with van der Waals surface area (Å²) >= 11 is 0. The minimum atomic E-state index is 0.933. The number of benzene rings is 16. The predicted molar refractivity (Wildman–Crippen MR) is 354 cm³/mol. The molecule has 16 aromatic carbocycles.